The maximum atomic E-state index is 5.74. The van der Waals surface area contributed by atoms with Crippen molar-refractivity contribution in [1.82, 2.24) is 15.5 Å². The van der Waals surface area contributed by atoms with Crippen LogP contribution in [0.4, 0.5) is 0 Å². The molecule has 1 fully saturated rings. The predicted octanol–water partition coefficient (Wildman–Crippen LogP) is 4.63. The summed E-state index contributed by atoms with van der Waals surface area (Å²) in [6, 6.07) is 9.38. The first-order valence-electron chi connectivity index (χ1n) is 9.16. The van der Waals surface area contributed by atoms with Gasteiger partial charge in [-0.15, -0.1) is 12.4 Å². The number of hydrogen-bond acceptors (Lipinski definition) is 4. The molecular weight excluding hydrogens is 334 g/mol. The largest absolute Gasteiger partial charge is 0.338 e. The molecule has 1 aromatic carbocycles. The maximum Gasteiger partial charge on any atom is 0.237 e. The van der Waals surface area contributed by atoms with Crippen molar-refractivity contribution in [3.8, 4) is 0 Å². The monoisotopic (exact) mass is 363 g/mol. The van der Waals surface area contributed by atoms with E-state index in [1.54, 1.807) is 0 Å². The molecule has 0 bridgehead atoms. The lowest BCUT2D eigenvalue weighted by Crippen LogP contribution is -2.25. The summed E-state index contributed by atoms with van der Waals surface area (Å²) in [5.41, 5.74) is 2.60. The molecule has 1 saturated carbocycles. The first-order valence-corrected chi connectivity index (χ1v) is 9.16. The maximum absolute atomic E-state index is 5.74. The molecule has 0 saturated heterocycles. The minimum atomic E-state index is -0.0936. The summed E-state index contributed by atoms with van der Waals surface area (Å²) in [5.74, 6) is 2.16. The van der Waals surface area contributed by atoms with Crippen LogP contribution in [0.25, 0.3) is 0 Å². The number of halogens is 1. The second-order valence-corrected chi connectivity index (χ2v) is 7.48. The van der Waals surface area contributed by atoms with Gasteiger partial charge in [0.05, 0.1) is 5.41 Å². The average Bonchev–Trinajstić information content (AvgIpc) is 3.24. The minimum absolute atomic E-state index is 0. The molecule has 0 spiro atoms. The Hall–Kier alpha value is -1.39. The van der Waals surface area contributed by atoms with E-state index in [1.807, 2.05) is 7.05 Å². The van der Waals surface area contributed by atoms with Crippen LogP contribution in [-0.4, -0.2) is 23.2 Å². The molecule has 25 heavy (non-hydrogen) atoms. The fraction of sp³-hybridized carbons (Fsp3) is 0.600. The Morgan fingerprint density at radius 2 is 1.76 bits per heavy atom. The lowest BCUT2D eigenvalue weighted by atomic mass is 9.78. The van der Waals surface area contributed by atoms with Crippen LogP contribution in [0, 0.1) is 0 Å². The van der Waals surface area contributed by atoms with Crippen molar-refractivity contribution in [3.05, 3.63) is 47.1 Å². The first kappa shape index (κ1) is 19.9. The van der Waals surface area contributed by atoms with Gasteiger partial charge in [0.25, 0.3) is 0 Å². The van der Waals surface area contributed by atoms with Crippen LogP contribution in [0.15, 0.2) is 28.8 Å². The molecule has 1 aromatic heterocycles. The highest BCUT2D eigenvalue weighted by Gasteiger charge is 2.42. The van der Waals surface area contributed by atoms with Gasteiger partial charge in [-0.3, -0.25) is 0 Å². The van der Waals surface area contributed by atoms with E-state index in [1.165, 1.54) is 24.0 Å². The Morgan fingerprint density at radius 1 is 1.12 bits per heavy atom. The summed E-state index contributed by atoms with van der Waals surface area (Å²) in [4.78, 5) is 4.77. The fourth-order valence-electron chi connectivity index (χ4n) is 3.70. The van der Waals surface area contributed by atoms with E-state index < -0.39 is 0 Å². The molecule has 4 nitrogen and oxygen atoms in total. The SMILES string of the molecule is CNC(C)Cc1noc(C2(c3ccc(C(C)C)cc3)CCCC2)n1.Cl. The van der Waals surface area contributed by atoms with Crippen LogP contribution in [0.3, 0.4) is 0 Å². The van der Waals surface area contributed by atoms with Crippen molar-refractivity contribution in [2.24, 2.45) is 0 Å². The van der Waals surface area contributed by atoms with Crippen LogP contribution < -0.4 is 5.32 Å². The quantitative estimate of drug-likeness (QED) is 0.813. The second-order valence-electron chi connectivity index (χ2n) is 7.48. The number of nitrogens with zero attached hydrogens (tertiary/aromatic N) is 2. The predicted molar refractivity (Wildman–Crippen MR) is 104 cm³/mol. The fourth-order valence-corrected chi connectivity index (χ4v) is 3.70. The van der Waals surface area contributed by atoms with E-state index in [9.17, 15) is 0 Å². The number of aromatic nitrogens is 2. The van der Waals surface area contributed by atoms with Crippen molar-refractivity contribution >= 4 is 12.4 Å². The number of benzene rings is 1. The third-order valence-electron chi connectivity index (χ3n) is 5.45. The van der Waals surface area contributed by atoms with Crippen LogP contribution in [-0.2, 0) is 11.8 Å². The normalized spacial score (nSPS) is 17.5. The van der Waals surface area contributed by atoms with Gasteiger partial charge in [0, 0.05) is 12.5 Å². The minimum Gasteiger partial charge on any atom is -0.338 e. The molecule has 3 rings (SSSR count). The van der Waals surface area contributed by atoms with E-state index >= 15 is 0 Å². The molecule has 1 atom stereocenters. The summed E-state index contributed by atoms with van der Waals surface area (Å²) < 4.78 is 5.74. The molecule has 1 aliphatic carbocycles. The molecule has 2 aromatic rings. The smallest absolute Gasteiger partial charge is 0.237 e. The van der Waals surface area contributed by atoms with Crippen molar-refractivity contribution in [2.75, 3.05) is 7.05 Å². The zero-order valence-electron chi connectivity index (χ0n) is 15.7. The van der Waals surface area contributed by atoms with Gasteiger partial charge in [0.15, 0.2) is 5.82 Å². The van der Waals surface area contributed by atoms with Gasteiger partial charge in [0.2, 0.25) is 5.89 Å². The van der Waals surface area contributed by atoms with Crippen molar-refractivity contribution < 1.29 is 4.52 Å². The van der Waals surface area contributed by atoms with Crippen molar-refractivity contribution in [2.45, 2.75) is 70.3 Å². The summed E-state index contributed by atoms with van der Waals surface area (Å²) in [7, 11) is 1.96. The Labute approximate surface area is 157 Å². The Morgan fingerprint density at radius 3 is 2.32 bits per heavy atom. The summed E-state index contributed by atoms with van der Waals surface area (Å²) in [6.45, 7) is 6.59. The number of hydrogen-bond donors (Lipinski definition) is 1. The average molecular weight is 364 g/mol. The second kappa shape index (κ2) is 8.33. The molecule has 0 aliphatic heterocycles. The van der Waals surface area contributed by atoms with E-state index in [-0.39, 0.29) is 17.8 Å². The molecule has 5 heteroatoms. The van der Waals surface area contributed by atoms with Crippen LogP contribution >= 0.6 is 12.4 Å². The summed E-state index contributed by atoms with van der Waals surface area (Å²) in [5, 5.41) is 7.47. The molecule has 1 N–H and O–H groups in total. The van der Waals surface area contributed by atoms with Crippen molar-refractivity contribution in [3.63, 3.8) is 0 Å². The lowest BCUT2D eigenvalue weighted by Gasteiger charge is -2.25. The number of rotatable bonds is 6. The van der Waals surface area contributed by atoms with E-state index in [0.717, 1.165) is 31.0 Å². The summed E-state index contributed by atoms with van der Waals surface area (Å²) in [6.07, 6.45) is 5.42. The molecular formula is C20H30ClN3O. The van der Waals surface area contributed by atoms with E-state index in [2.05, 4.69) is 55.5 Å². The van der Waals surface area contributed by atoms with E-state index in [0.29, 0.717) is 12.0 Å². The zero-order valence-corrected chi connectivity index (χ0v) is 16.5. The van der Waals surface area contributed by atoms with Gasteiger partial charge < -0.3 is 9.84 Å². The molecule has 0 radical (unpaired) electrons. The van der Waals surface area contributed by atoms with Crippen LogP contribution in [0.1, 0.15) is 75.2 Å². The molecule has 138 valence electrons. The van der Waals surface area contributed by atoms with E-state index in [4.69, 9.17) is 9.51 Å². The zero-order chi connectivity index (χ0) is 17.2. The third-order valence-corrected chi connectivity index (χ3v) is 5.45. The van der Waals surface area contributed by atoms with Gasteiger partial charge in [-0.2, -0.15) is 4.98 Å². The highest BCUT2D eigenvalue weighted by atomic mass is 35.5. The number of likely N-dealkylation sites (N-methyl/N-ethyl adjacent to an activating group) is 1. The highest BCUT2D eigenvalue weighted by molar-refractivity contribution is 5.85. The lowest BCUT2D eigenvalue weighted by molar-refractivity contribution is 0.308. The standard InChI is InChI=1S/C20H29N3O.ClH/c1-14(2)16-7-9-17(10-8-16)20(11-5-6-12-20)19-22-18(23-24-19)13-15(3)21-4;/h7-10,14-15,21H,5-6,11-13H2,1-4H3;1H. The van der Waals surface area contributed by atoms with Gasteiger partial charge >= 0.3 is 0 Å². The van der Waals surface area contributed by atoms with Gasteiger partial charge in [-0.25, -0.2) is 0 Å². The van der Waals surface area contributed by atoms with Crippen LogP contribution in [0.2, 0.25) is 0 Å². The molecule has 1 unspecified atom stereocenters. The third kappa shape index (κ3) is 4.06. The van der Waals surface area contributed by atoms with Crippen LogP contribution in [0.5, 0.6) is 0 Å². The first-order chi connectivity index (χ1) is 11.5. The Bertz CT molecular complexity index is 660. The van der Waals surface area contributed by atoms with Crippen molar-refractivity contribution in [1.29, 1.82) is 0 Å². The molecule has 1 aliphatic rings. The topological polar surface area (TPSA) is 51.0 Å². The molecule has 0 amide bonds. The number of nitrogens with one attached hydrogen (secondary N) is 1. The molecule has 1 heterocycles. The Balaban J connectivity index is 0.00000225. The van der Waals surface area contributed by atoms with Gasteiger partial charge in [0.1, 0.15) is 0 Å². The van der Waals surface area contributed by atoms with Gasteiger partial charge in [-0.05, 0) is 43.9 Å². The Kier molecular flexibility index (Phi) is 6.64. The summed E-state index contributed by atoms with van der Waals surface area (Å²) >= 11 is 0. The highest BCUT2D eigenvalue weighted by Crippen LogP contribution is 2.45. The van der Waals surface area contributed by atoms with Gasteiger partial charge in [-0.1, -0.05) is 56.1 Å².